The van der Waals surface area contributed by atoms with Gasteiger partial charge < -0.3 is 14.8 Å². The third-order valence-corrected chi connectivity index (χ3v) is 3.41. The quantitative estimate of drug-likeness (QED) is 0.862. The number of nitrogens with zero attached hydrogens (tertiary/aromatic N) is 3. The first-order valence-corrected chi connectivity index (χ1v) is 6.12. The molecule has 5 heteroatoms. The fourth-order valence-electron chi connectivity index (χ4n) is 2.43. The molecule has 1 aliphatic heterocycles. The van der Waals surface area contributed by atoms with Crippen LogP contribution in [0.1, 0.15) is 22.5 Å². The van der Waals surface area contributed by atoms with Crippen molar-refractivity contribution >= 4 is 5.91 Å². The first-order valence-electron chi connectivity index (χ1n) is 6.12. The van der Waals surface area contributed by atoms with Crippen LogP contribution in [0.25, 0.3) is 0 Å². The molecule has 2 heterocycles. The van der Waals surface area contributed by atoms with Crippen LogP contribution >= 0.6 is 0 Å². The second-order valence-electron chi connectivity index (χ2n) is 5.02. The summed E-state index contributed by atoms with van der Waals surface area (Å²) in [6, 6.07) is 3.61. The summed E-state index contributed by atoms with van der Waals surface area (Å²) < 4.78 is 0. The molecule has 18 heavy (non-hydrogen) atoms. The van der Waals surface area contributed by atoms with Gasteiger partial charge in [0.25, 0.3) is 5.91 Å². The van der Waals surface area contributed by atoms with Crippen LogP contribution < -0.4 is 0 Å². The van der Waals surface area contributed by atoms with Crippen LogP contribution in [-0.2, 0) is 0 Å². The summed E-state index contributed by atoms with van der Waals surface area (Å²) in [5, 5.41) is 8.73. The van der Waals surface area contributed by atoms with Crippen molar-refractivity contribution in [2.45, 2.75) is 6.42 Å². The third kappa shape index (κ3) is 2.71. The van der Waals surface area contributed by atoms with Gasteiger partial charge in [0.1, 0.15) is 11.8 Å². The minimum Gasteiger partial charge on any atom is -0.356 e. The van der Waals surface area contributed by atoms with Gasteiger partial charge in [-0.1, -0.05) is 0 Å². The van der Waals surface area contributed by atoms with Gasteiger partial charge in [-0.05, 0) is 32.0 Å². The van der Waals surface area contributed by atoms with Gasteiger partial charge in [0.2, 0.25) is 0 Å². The van der Waals surface area contributed by atoms with E-state index in [1.165, 1.54) is 0 Å². The van der Waals surface area contributed by atoms with Crippen molar-refractivity contribution in [1.29, 1.82) is 5.26 Å². The SMILES string of the molecule is CN1CC[C@@H](CN(C)C(=O)c2cc(C#N)c[nH]2)C1. The van der Waals surface area contributed by atoms with Gasteiger partial charge in [-0.15, -0.1) is 0 Å². The van der Waals surface area contributed by atoms with Gasteiger partial charge >= 0.3 is 0 Å². The first-order chi connectivity index (χ1) is 8.60. The lowest BCUT2D eigenvalue weighted by Crippen LogP contribution is -2.33. The highest BCUT2D eigenvalue weighted by Gasteiger charge is 2.23. The molecule has 1 N–H and O–H groups in total. The van der Waals surface area contributed by atoms with Crippen molar-refractivity contribution in [1.82, 2.24) is 14.8 Å². The molecule has 0 aliphatic carbocycles. The first kappa shape index (κ1) is 12.7. The number of nitrogens with one attached hydrogen (secondary N) is 1. The normalized spacial score (nSPS) is 19.7. The number of rotatable bonds is 3. The molecule has 1 aliphatic rings. The van der Waals surface area contributed by atoms with Gasteiger partial charge in [-0.3, -0.25) is 4.79 Å². The van der Waals surface area contributed by atoms with E-state index in [2.05, 4.69) is 16.9 Å². The van der Waals surface area contributed by atoms with E-state index in [0.29, 0.717) is 17.2 Å². The highest BCUT2D eigenvalue weighted by molar-refractivity contribution is 5.92. The summed E-state index contributed by atoms with van der Waals surface area (Å²) >= 11 is 0. The maximum Gasteiger partial charge on any atom is 0.270 e. The molecule has 1 amide bonds. The lowest BCUT2D eigenvalue weighted by Gasteiger charge is -2.20. The van der Waals surface area contributed by atoms with E-state index < -0.39 is 0 Å². The van der Waals surface area contributed by atoms with Crippen LogP contribution in [0.2, 0.25) is 0 Å². The number of hydrogen-bond acceptors (Lipinski definition) is 3. The molecule has 1 atom stereocenters. The van der Waals surface area contributed by atoms with Crippen molar-refractivity contribution in [3.8, 4) is 6.07 Å². The van der Waals surface area contributed by atoms with E-state index in [1.807, 2.05) is 13.1 Å². The molecular formula is C13H18N4O. The molecular weight excluding hydrogens is 228 g/mol. The fourth-order valence-corrected chi connectivity index (χ4v) is 2.43. The Labute approximate surface area is 107 Å². The van der Waals surface area contributed by atoms with Crippen LogP contribution in [0.5, 0.6) is 0 Å². The molecule has 0 saturated carbocycles. The lowest BCUT2D eigenvalue weighted by molar-refractivity contribution is 0.0769. The van der Waals surface area contributed by atoms with Gasteiger partial charge in [-0.25, -0.2) is 0 Å². The predicted molar refractivity (Wildman–Crippen MR) is 68.1 cm³/mol. The van der Waals surface area contributed by atoms with Crippen LogP contribution in [0.3, 0.4) is 0 Å². The number of nitriles is 1. The molecule has 96 valence electrons. The van der Waals surface area contributed by atoms with Crippen molar-refractivity contribution in [3.63, 3.8) is 0 Å². The average Bonchev–Trinajstić information content (AvgIpc) is 2.97. The van der Waals surface area contributed by atoms with Crippen molar-refractivity contribution in [2.24, 2.45) is 5.92 Å². The van der Waals surface area contributed by atoms with Crippen LogP contribution in [-0.4, -0.2) is 54.4 Å². The Bertz CT molecular complexity index is 474. The number of amides is 1. The van der Waals surface area contributed by atoms with Gasteiger partial charge in [-0.2, -0.15) is 5.26 Å². The number of aromatic amines is 1. The van der Waals surface area contributed by atoms with Crippen molar-refractivity contribution in [2.75, 3.05) is 33.7 Å². The van der Waals surface area contributed by atoms with Crippen LogP contribution in [0.4, 0.5) is 0 Å². The minimum absolute atomic E-state index is 0.0500. The number of likely N-dealkylation sites (tertiary alicyclic amines) is 1. The van der Waals surface area contributed by atoms with Crippen LogP contribution in [0.15, 0.2) is 12.3 Å². The zero-order chi connectivity index (χ0) is 13.1. The molecule has 1 aromatic heterocycles. The molecule has 0 radical (unpaired) electrons. The monoisotopic (exact) mass is 246 g/mol. The average molecular weight is 246 g/mol. The largest absolute Gasteiger partial charge is 0.356 e. The molecule has 2 rings (SSSR count). The molecule has 1 aromatic rings. The highest BCUT2D eigenvalue weighted by atomic mass is 16.2. The lowest BCUT2D eigenvalue weighted by atomic mass is 10.1. The number of aromatic nitrogens is 1. The standard InChI is InChI=1S/C13H18N4O/c1-16-4-3-10(8-16)9-17(2)13(18)12-5-11(6-14)7-15-12/h5,7,10,15H,3-4,8-9H2,1-2H3/t10-/m1/s1. The zero-order valence-corrected chi connectivity index (χ0v) is 10.8. The van der Waals surface area contributed by atoms with E-state index in [1.54, 1.807) is 17.2 Å². The fraction of sp³-hybridized carbons (Fsp3) is 0.538. The Balaban J connectivity index is 1.94. The Morgan fingerprint density at radius 2 is 2.50 bits per heavy atom. The van der Waals surface area contributed by atoms with Crippen molar-refractivity contribution < 1.29 is 4.79 Å². The van der Waals surface area contributed by atoms with Crippen LogP contribution in [0, 0.1) is 17.2 Å². The second kappa shape index (κ2) is 5.23. The Hall–Kier alpha value is -1.80. The number of hydrogen-bond donors (Lipinski definition) is 1. The topological polar surface area (TPSA) is 63.1 Å². The minimum atomic E-state index is -0.0500. The molecule has 5 nitrogen and oxygen atoms in total. The van der Waals surface area contributed by atoms with E-state index in [-0.39, 0.29) is 5.91 Å². The second-order valence-corrected chi connectivity index (χ2v) is 5.02. The summed E-state index contributed by atoms with van der Waals surface area (Å²) in [6.45, 7) is 2.92. The van der Waals surface area contributed by atoms with Gasteiger partial charge in [0.15, 0.2) is 0 Å². The summed E-state index contributed by atoms with van der Waals surface area (Å²) in [6.07, 6.45) is 2.70. The summed E-state index contributed by atoms with van der Waals surface area (Å²) in [5.74, 6) is 0.500. The molecule has 0 aromatic carbocycles. The third-order valence-electron chi connectivity index (χ3n) is 3.41. The summed E-state index contributed by atoms with van der Waals surface area (Å²) in [4.78, 5) is 19.0. The molecule has 0 bridgehead atoms. The Morgan fingerprint density at radius 1 is 1.72 bits per heavy atom. The molecule has 1 saturated heterocycles. The number of carbonyl (C=O) groups excluding carboxylic acids is 1. The smallest absolute Gasteiger partial charge is 0.270 e. The van der Waals surface area contributed by atoms with E-state index in [9.17, 15) is 4.79 Å². The van der Waals surface area contributed by atoms with E-state index in [0.717, 1.165) is 26.1 Å². The molecule has 1 fully saturated rings. The van der Waals surface area contributed by atoms with Gasteiger partial charge in [0.05, 0.1) is 5.56 Å². The predicted octanol–water partition coefficient (Wildman–Crippen LogP) is 0.910. The van der Waals surface area contributed by atoms with E-state index >= 15 is 0 Å². The Kier molecular flexibility index (Phi) is 3.68. The van der Waals surface area contributed by atoms with Gasteiger partial charge in [0, 0.05) is 26.3 Å². The maximum absolute atomic E-state index is 12.1. The van der Waals surface area contributed by atoms with E-state index in [4.69, 9.17) is 5.26 Å². The molecule has 0 unspecified atom stereocenters. The maximum atomic E-state index is 12.1. The number of carbonyl (C=O) groups is 1. The van der Waals surface area contributed by atoms with Crippen molar-refractivity contribution in [3.05, 3.63) is 23.5 Å². The summed E-state index contributed by atoms with van der Waals surface area (Å²) in [7, 11) is 3.92. The number of H-pyrrole nitrogens is 1. The highest BCUT2D eigenvalue weighted by Crippen LogP contribution is 2.16. The summed E-state index contributed by atoms with van der Waals surface area (Å²) in [5.41, 5.74) is 0.979. The molecule has 0 spiro atoms. The zero-order valence-electron chi connectivity index (χ0n) is 10.8. The Morgan fingerprint density at radius 3 is 3.06 bits per heavy atom.